The number of amides is 1. The van der Waals surface area contributed by atoms with E-state index in [9.17, 15) is 19.5 Å². The molecule has 0 bridgehead atoms. The maximum Gasteiger partial charge on any atom is 0.328 e. The Bertz CT molecular complexity index is 1210. The summed E-state index contributed by atoms with van der Waals surface area (Å²) in [7, 11) is 0. The molecule has 4 N–H and O–H groups in total. The van der Waals surface area contributed by atoms with Gasteiger partial charge < -0.3 is 20.5 Å². The molecule has 0 spiro atoms. The fraction of sp³-hybridized carbons (Fsp3) is 0.250. The summed E-state index contributed by atoms with van der Waals surface area (Å²) >= 11 is 0. The van der Waals surface area contributed by atoms with Crippen molar-refractivity contribution in [3.8, 4) is 0 Å². The van der Waals surface area contributed by atoms with Gasteiger partial charge in [-0.3, -0.25) is 24.4 Å². The number of piperazine rings is 1. The van der Waals surface area contributed by atoms with Crippen molar-refractivity contribution in [2.24, 2.45) is 0 Å². The van der Waals surface area contributed by atoms with E-state index in [-0.39, 0.29) is 0 Å². The van der Waals surface area contributed by atoms with Gasteiger partial charge in [0, 0.05) is 79.4 Å². The Labute approximate surface area is 195 Å². The van der Waals surface area contributed by atoms with Crippen molar-refractivity contribution in [2.45, 2.75) is 12.6 Å². The largest absolute Gasteiger partial charge is 0.480 e. The molecule has 176 valence electrons. The van der Waals surface area contributed by atoms with Crippen LogP contribution < -0.4 is 5.32 Å². The number of aliphatic carboxylic acids is 2. The molecule has 1 aliphatic heterocycles. The van der Waals surface area contributed by atoms with Crippen LogP contribution in [0.5, 0.6) is 0 Å². The molecule has 3 aromatic rings. The van der Waals surface area contributed by atoms with Crippen molar-refractivity contribution in [1.29, 1.82) is 0 Å². The predicted molar refractivity (Wildman–Crippen MR) is 125 cm³/mol. The summed E-state index contributed by atoms with van der Waals surface area (Å²) in [6.45, 7) is 3.35. The third-order valence-corrected chi connectivity index (χ3v) is 5.77. The highest BCUT2D eigenvalue weighted by Crippen LogP contribution is 2.31. The molecule has 1 saturated heterocycles. The number of aromatic amines is 1. The lowest BCUT2D eigenvalue weighted by molar-refractivity contribution is -0.144. The van der Waals surface area contributed by atoms with E-state index >= 15 is 0 Å². The average Bonchev–Trinajstić information content (AvgIpc) is 3.22. The number of aromatic nitrogens is 2. The van der Waals surface area contributed by atoms with Gasteiger partial charge in [-0.2, -0.15) is 0 Å². The van der Waals surface area contributed by atoms with Gasteiger partial charge in [0.1, 0.15) is 6.04 Å². The zero-order chi connectivity index (χ0) is 24.1. The van der Waals surface area contributed by atoms with Gasteiger partial charge in [-0.25, -0.2) is 4.79 Å². The van der Waals surface area contributed by atoms with E-state index in [0.29, 0.717) is 29.7 Å². The summed E-state index contributed by atoms with van der Waals surface area (Å²) in [4.78, 5) is 46.5. The van der Waals surface area contributed by atoms with Crippen LogP contribution in [0, 0.1) is 0 Å². The lowest BCUT2D eigenvalue weighted by atomic mass is 10.0. The van der Waals surface area contributed by atoms with Gasteiger partial charge in [0.25, 0.3) is 0 Å². The average molecular weight is 463 g/mol. The minimum Gasteiger partial charge on any atom is -0.480 e. The Hall–Kier alpha value is -4.02. The molecule has 1 aliphatic rings. The van der Waals surface area contributed by atoms with Crippen LogP contribution in [0.3, 0.4) is 0 Å². The van der Waals surface area contributed by atoms with Crippen LogP contribution in [0.15, 0.2) is 60.9 Å². The van der Waals surface area contributed by atoms with Gasteiger partial charge in [0.15, 0.2) is 0 Å². The standard InChI is InChI=1S/C24H25N5O5/c30-21(6-7-22(31)32)27-16-4-5-20-18(13-16)19(14-26-20)23(24(33)34)29-11-9-28(10-12-29)15-17-3-1-2-8-25-17/h1-8,13-14,23,26H,9-12,15H2,(H,27,30)(H,31,32)(H,33,34). The quantitative estimate of drug-likeness (QED) is 0.373. The summed E-state index contributed by atoms with van der Waals surface area (Å²) in [5.41, 5.74) is 2.78. The molecule has 34 heavy (non-hydrogen) atoms. The number of H-pyrrole nitrogens is 1. The summed E-state index contributed by atoms with van der Waals surface area (Å²) in [5.74, 6) is -2.75. The van der Waals surface area contributed by atoms with E-state index in [1.54, 1.807) is 30.6 Å². The fourth-order valence-corrected chi connectivity index (χ4v) is 4.16. The highest BCUT2D eigenvalue weighted by Gasteiger charge is 2.32. The number of rotatable bonds is 8. The zero-order valence-electron chi connectivity index (χ0n) is 18.3. The molecular formula is C24H25N5O5. The Morgan fingerprint density at radius 3 is 2.56 bits per heavy atom. The van der Waals surface area contributed by atoms with Gasteiger partial charge in [-0.05, 0) is 30.3 Å². The Kier molecular flexibility index (Phi) is 7.00. The number of hydrogen-bond acceptors (Lipinski definition) is 6. The summed E-state index contributed by atoms with van der Waals surface area (Å²) in [6, 6.07) is 10.1. The first-order valence-corrected chi connectivity index (χ1v) is 10.8. The Morgan fingerprint density at radius 1 is 1.09 bits per heavy atom. The molecule has 1 amide bonds. The minimum atomic E-state index is -1.22. The van der Waals surface area contributed by atoms with Crippen molar-refractivity contribution in [2.75, 3.05) is 31.5 Å². The molecule has 1 fully saturated rings. The van der Waals surface area contributed by atoms with Gasteiger partial charge in [0.05, 0.1) is 5.69 Å². The van der Waals surface area contributed by atoms with Gasteiger partial charge >= 0.3 is 11.9 Å². The van der Waals surface area contributed by atoms with E-state index in [1.807, 2.05) is 23.1 Å². The van der Waals surface area contributed by atoms with E-state index in [2.05, 4.69) is 20.2 Å². The molecule has 1 atom stereocenters. The van der Waals surface area contributed by atoms with Gasteiger partial charge in [-0.15, -0.1) is 0 Å². The van der Waals surface area contributed by atoms with Crippen molar-refractivity contribution in [1.82, 2.24) is 19.8 Å². The molecule has 0 saturated carbocycles. The topological polar surface area (TPSA) is 139 Å². The first kappa shape index (κ1) is 23.1. The number of carboxylic acid groups (broad SMARTS) is 2. The lowest BCUT2D eigenvalue weighted by Gasteiger charge is -2.37. The second-order valence-corrected chi connectivity index (χ2v) is 8.04. The van der Waals surface area contributed by atoms with Crippen molar-refractivity contribution in [3.05, 3.63) is 72.2 Å². The van der Waals surface area contributed by atoms with Crippen LogP contribution in [-0.2, 0) is 20.9 Å². The molecule has 1 aromatic carbocycles. The molecule has 0 radical (unpaired) electrons. The SMILES string of the molecule is O=C(O)C=CC(=O)Nc1ccc2[nH]cc(C(C(=O)O)N3CCN(Cc4ccccn4)CC3)c2c1. The van der Waals surface area contributed by atoms with Crippen LogP contribution in [0.4, 0.5) is 5.69 Å². The molecule has 1 unspecified atom stereocenters. The first-order chi connectivity index (χ1) is 16.4. The van der Waals surface area contributed by atoms with Crippen LogP contribution in [0.1, 0.15) is 17.3 Å². The van der Waals surface area contributed by atoms with Crippen LogP contribution in [0.2, 0.25) is 0 Å². The van der Waals surface area contributed by atoms with E-state index in [0.717, 1.165) is 43.0 Å². The second-order valence-electron chi connectivity index (χ2n) is 8.04. The number of anilines is 1. The van der Waals surface area contributed by atoms with E-state index < -0.39 is 23.9 Å². The zero-order valence-corrected chi connectivity index (χ0v) is 18.3. The van der Waals surface area contributed by atoms with Crippen LogP contribution in [0.25, 0.3) is 10.9 Å². The third kappa shape index (κ3) is 5.48. The summed E-state index contributed by atoms with van der Waals surface area (Å²) in [6.07, 6.45) is 5.14. The van der Waals surface area contributed by atoms with Crippen LogP contribution in [-0.4, -0.2) is 74.0 Å². The monoisotopic (exact) mass is 463 g/mol. The third-order valence-electron chi connectivity index (χ3n) is 5.77. The maximum atomic E-state index is 12.3. The smallest absolute Gasteiger partial charge is 0.328 e. The Balaban J connectivity index is 1.50. The number of nitrogens with one attached hydrogen (secondary N) is 2. The number of benzene rings is 1. The van der Waals surface area contributed by atoms with Crippen molar-refractivity contribution >= 4 is 34.4 Å². The molecule has 4 rings (SSSR count). The molecule has 3 heterocycles. The molecule has 2 aromatic heterocycles. The number of pyridine rings is 1. The predicted octanol–water partition coefficient (Wildman–Crippen LogP) is 2.09. The minimum absolute atomic E-state index is 0.442. The number of carbonyl (C=O) groups is 3. The number of hydrogen-bond donors (Lipinski definition) is 4. The van der Waals surface area contributed by atoms with Gasteiger partial charge in [-0.1, -0.05) is 6.07 Å². The van der Waals surface area contributed by atoms with Crippen molar-refractivity contribution in [3.63, 3.8) is 0 Å². The van der Waals surface area contributed by atoms with Crippen molar-refractivity contribution < 1.29 is 24.6 Å². The molecular weight excluding hydrogens is 438 g/mol. The van der Waals surface area contributed by atoms with Gasteiger partial charge in [0.2, 0.25) is 5.91 Å². The number of fused-ring (bicyclic) bond motifs is 1. The maximum absolute atomic E-state index is 12.3. The number of carbonyl (C=O) groups excluding carboxylic acids is 1. The highest BCUT2D eigenvalue weighted by atomic mass is 16.4. The molecule has 10 heteroatoms. The lowest BCUT2D eigenvalue weighted by Crippen LogP contribution is -2.48. The second kappa shape index (κ2) is 10.3. The molecule has 10 nitrogen and oxygen atoms in total. The summed E-state index contributed by atoms with van der Waals surface area (Å²) in [5, 5.41) is 22.0. The van der Waals surface area contributed by atoms with E-state index in [1.165, 1.54) is 0 Å². The fourth-order valence-electron chi connectivity index (χ4n) is 4.16. The summed E-state index contributed by atoms with van der Waals surface area (Å²) < 4.78 is 0. The Morgan fingerprint density at radius 2 is 1.88 bits per heavy atom. The van der Waals surface area contributed by atoms with E-state index in [4.69, 9.17) is 5.11 Å². The number of nitrogens with zero attached hydrogens (tertiary/aromatic N) is 3. The first-order valence-electron chi connectivity index (χ1n) is 10.8. The number of carboxylic acids is 2. The molecule has 0 aliphatic carbocycles. The highest BCUT2D eigenvalue weighted by molar-refractivity contribution is 6.03. The van der Waals surface area contributed by atoms with Crippen LogP contribution >= 0.6 is 0 Å². The normalized spacial score (nSPS) is 16.0.